The minimum atomic E-state index is -3.78. The summed E-state index contributed by atoms with van der Waals surface area (Å²) < 4.78 is 46.8. The smallest absolute Gasteiger partial charge is 0.261 e. The maximum Gasteiger partial charge on any atom is 0.261 e. The van der Waals surface area contributed by atoms with Crippen LogP contribution in [0.25, 0.3) is 0 Å². The molecule has 0 saturated carbocycles. The van der Waals surface area contributed by atoms with Gasteiger partial charge < -0.3 is 10.1 Å². The molecule has 0 fully saturated rings. The zero-order chi connectivity index (χ0) is 23.4. The number of carbonyl (C=O) groups is 1. The quantitative estimate of drug-likeness (QED) is 0.491. The highest BCUT2D eigenvalue weighted by molar-refractivity contribution is 7.99. The molecule has 0 saturated heterocycles. The minimum Gasteiger partial charge on any atom is -0.494 e. The van der Waals surface area contributed by atoms with E-state index in [1.54, 1.807) is 42.1 Å². The summed E-state index contributed by atoms with van der Waals surface area (Å²) >= 11 is 1.64. The van der Waals surface area contributed by atoms with Crippen molar-refractivity contribution in [2.24, 2.45) is 0 Å². The van der Waals surface area contributed by atoms with Crippen molar-refractivity contribution < 1.29 is 22.3 Å². The average molecular weight is 487 g/mol. The lowest BCUT2D eigenvalue weighted by Crippen LogP contribution is -2.30. The molecule has 172 valence electrons. The second-order valence-corrected chi connectivity index (χ2v) is 10.3. The fourth-order valence-electron chi connectivity index (χ4n) is 3.54. The lowest BCUT2D eigenvalue weighted by molar-refractivity contribution is 0.0935. The van der Waals surface area contributed by atoms with E-state index in [1.807, 2.05) is 6.92 Å². The van der Waals surface area contributed by atoms with Crippen LogP contribution in [-0.4, -0.2) is 26.7 Å². The van der Waals surface area contributed by atoms with Gasteiger partial charge in [0.15, 0.2) is 0 Å². The number of anilines is 1. The number of thioether (sulfide) groups is 1. The molecule has 1 atom stereocenters. The average Bonchev–Trinajstić information content (AvgIpc) is 2.80. The van der Waals surface area contributed by atoms with Gasteiger partial charge in [0, 0.05) is 21.9 Å². The van der Waals surface area contributed by atoms with Crippen molar-refractivity contribution in [2.45, 2.75) is 29.2 Å². The van der Waals surface area contributed by atoms with Gasteiger partial charge in [-0.3, -0.25) is 9.52 Å². The number of sulfonamides is 1. The minimum absolute atomic E-state index is 0.105. The highest BCUT2D eigenvalue weighted by atomic mass is 32.2. The molecular weight excluding hydrogens is 463 g/mol. The molecule has 33 heavy (non-hydrogen) atoms. The first kappa shape index (κ1) is 23.1. The molecular formula is C24H23FN2O4S2. The lowest BCUT2D eigenvalue weighted by atomic mass is 10.0. The Bertz CT molecular complexity index is 1250. The summed E-state index contributed by atoms with van der Waals surface area (Å²) in [5, 5.41) is 2.96. The molecule has 9 heteroatoms. The first-order valence-electron chi connectivity index (χ1n) is 10.4. The molecule has 3 aromatic carbocycles. The van der Waals surface area contributed by atoms with Crippen LogP contribution in [0.15, 0.2) is 76.5 Å². The van der Waals surface area contributed by atoms with Gasteiger partial charge in [0.2, 0.25) is 0 Å². The molecule has 0 aliphatic carbocycles. The third-order valence-electron chi connectivity index (χ3n) is 5.16. The highest BCUT2D eigenvalue weighted by Crippen LogP contribution is 2.36. The molecule has 1 amide bonds. The zero-order valence-corrected chi connectivity index (χ0v) is 19.5. The van der Waals surface area contributed by atoms with E-state index in [2.05, 4.69) is 10.0 Å². The van der Waals surface area contributed by atoms with Gasteiger partial charge in [-0.05, 0) is 85.6 Å². The molecule has 1 unspecified atom stereocenters. The van der Waals surface area contributed by atoms with E-state index in [0.29, 0.717) is 30.0 Å². The Balaban J connectivity index is 1.43. The van der Waals surface area contributed by atoms with Gasteiger partial charge in [-0.15, -0.1) is 11.8 Å². The van der Waals surface area contributed by atoms with Crippen molar-refractivity contribution in [3.05, 3.63) is 83.7 Å². The van der Waals surface area contributed by atoms with Crippen LogP contribution >= 0.6 is 11.8 Å². The molecule has 1 aliphatic heterocycles. The van der Waals surface area contributed by atoms with E-state index in [1.165, 1.54) is 36.4 Å². The molecule has 1 heterocycles. The Morgan fingerprint density at radius 3 is 2.52 bits per heavy atom. The number of halogens is 1. The normalized spacial score (nSPS) is 15.4. The first-order valence-corrected chi connectivity index (χ1v) is 12.9. The Morgan fingerprint density at radius 1 is 1.09 bits per heavy atom. The van der Waals surface area contributed by atoms with Gasteiger partial charge in [-0.1, -0.05) is 0 Å². The standard InChI is InChI=1S/C24H23FN2O4S2/c1-2-31-19-8-10-20(11-9-19)33(29,30)27-18-6-3-16(4-7-18)24(28)26-22-13-14-32-23-12-5-17(25)15-21(22)23/h3-12,15,22,27H,2,13-14H2,1H3,(H,26,28). The van der Waals surface area contributed by atoms with Gasteiger partial charge in [0.1, 0.15) is 11.6 Å². The molecule has 4 rings (SSSR count). The van der Waals surface area contributed by atoms with E-state index < -0.39 is 10.0 Å². The summed E-state index contributed by atoms with van der Waals surface area (Å²) in [6.07, 6.45) is 0.701. The maximum absolute atomic E-state index is 13.7. The second-order valence-electron chi connectivity index (χ2n) is 7.43. The van der Waals surface area contributed by atoms with Gasteiger partial charge in [-0.25, -0.2) is 12.8 Å². The van der Waals surface area contributed by atoms with E-state index in [-0.39, 0.29) is 22.7 Å². The molecule has 6 nitrogen and oxygen atoms in total. The number of amides is 1. The number of carbonyl (C=O) groups excluding carboxylic acids is 1. The number of nitrogens with one attached hydrogen (secondary N) is 2. The molecule has 3 aromatic rings. The van der Waals surface area contributed by atoms with Gasteiger partial charge in [0.25, 0.3) is 15.9 Å². The maximum atomic E-state index is 13.7. The van der Waals surface area contributed by atoms with Crippen LogP contribution in [0.5, 0.6) is 5.75 Å². The number of rotatable bonds is 7. The fourth-order valence-corrected chi connectivity index (χ4v) is 5.71. The van der Waals surface area contributed by atoms with Crippen LogP contribution in [0.1, 0.15) is 35.3 Å². The Morgan fingerprint density at radius 2 is 1.82 bits per heavy atom. The number of hydrogen-bond donors (Lipinski definition) is 2. The van der Waals surface area contributed by atoms with Crippen molar-refractivity contribution >= 4 is 33.4 Å². The SMILES string of the molecule is CCOc1ccc(S(=O)(=O)Nc2ccc(C(=O)NC3CCSc4ccc(F)cc43)cc2)cc1. The molecule has 0 bridgehead atoms. The van der Waals surface area contributed by atoms with Crippen LogP contribution in [0, 0.1) is 5.82 Å². The van der Waals surface area contributed by atoms with Gasteiger partial charge >= 0.3 is 0 Å². The summed E-state index contributed by atoms with van der Waals surface area (Å²) in [4.78, 5) is 13.8. The van der Waals surface area contributed by atoms with Crippen LogP contribution in [0.4, 0.5) is 10.1 Å². The van der Waals surface area contributed by atoms with Gasteiger partial charge in [-0.2, -0.15) is 0 Å². The number of benzene rings is 3. The molecule has 2 N–H and O–H groups in total. The zero-order valence-electron chi connectivity index (χ0n) is 17.9. The van der Waals surface area contributed by atoms with E-state index >= 15 is 0 Å². The molecule has 0 aromatic heterocycles. The number of ether oxygens (including phenoxy) is 1. The molecule has 1 aliphatic rings. The van der Waals surface area contributed by atoms with Crippen LogP contribution in [0.3, 0.4) is 0 Å². The van der Waals surface area contributed by atoms with Crippen LogP contribution in [-0.2, 0) is 10.0 Å². The predicted molar refractivity (Wildman–Crippen MR) is 127 cm³/mol. The summed E-state index contributed by atoms with van der Waals surface area (Å²) in [6, 6.07) is 16.6. The topological polar surface area (TPSA) is 84.5 Å². The Kier molecular flexibility index (Phi) is 6.90. The third kappa shape index (κ3) is 5.48. The predicted octanol–water partition coefficient (Wildman–Crippen LogP) is 4.99. The highest BCUT2D eigenvalue weighted by Gasteiger charge is 2.23. The Labute approximate surface area is 196 Å². The van der Waals surface area contributed by atoms with Crippen LogP contribution < -0.4 is 14.8 Å². The summed E-state index contributed by atoms with van der Waals surface area (Å²) in [5.41, 5.74) is 1.50. The van der Waals surface area contributed by atoms with E-state index in [4.69, 9.17) is 4.74 Å². The largest absolute Gasteiger partial charge is 0.494 e. The van der Waals surface area contributed by atoms with Crippen molar-refractivity contribution in [3.8, 4) is 5.75 Å². The number of hydrogen-bond acceptors (Lipinski definition) is 5. The van der Waals surface area contributed by atoms with E-state index in [0.717, 1.165) is 16.2 Å². The molecule has 0 spiro atoms. The third-order valence-corrected chi connectivity index (χ3v) is 7.68. The fraction of sp³-hybridized carbons (Fsp3) is 0.208. The monoisotopic (exact) mass is 486 g/mol. The summed E-state index contributed by atoms with van der Waals surface area (Å²) in [5.74, 6) is 0.784. The number of fused-ring (bicyclic) bond motifs is 1. The lowest BCUT2D eigenvalue weighted by Gasteiger charge is -2.26. The summed E-state index contributed by atoms with van der Waals surface area (Å²) in [6.45, 7) is 2.34. The van der Waals surface area contributed by atoms with Crippen molar-refractivity contribution in [2.75, 3.05) is 17.1 Å². The second kappa shape index (κ2) is 9.84. The van der Waals surface area contributed by atoms with Crippen molar-refractivity contribution in [3.63, 3.8) is 0 Å². The van der Waals surface area contributed by atoms with Crippen molar-refractivity contribution in [1.82, 2.24) is 5.32 Å². The first-order chi connectivity index (χ1) is 15.9. The molecule has 0 radical (unpaired) electrons. The van der Waals surface area contributed by atoms with Crippen molar-refractivity contribution in [1.29, 1.82) is 0 Å². The Hall–Kier alpha value is -3.04. The van der Waals surface area contributed by atoms with E-state index in [9.17, 15) is 17.6 Å². The van der Waals surface area contributed by atoms with Crippen LogP contribution in [0.2, 0.25) is 0 Å². The summed E-state index contributed by atoms with van der Waals surface area (Å²) in [7, 11) is -3.78. The van der Waals surface area contributed by atoms with Gasteiger partial charge in [0.05, 0.1) is 17.5 Å².